The Morgan fingerprint density at radius 3 is 2.68 bits per heavy atom. The van der Waals surface area contributed by atoms with Crippen molar-refractivity contribution in [3.05, 3.63) is 57.1 Å². The van der Waals surface area contributed by atoms with Gasteiger partial charge in [0.25, 0.3) is 0 Å². The molecule has 28 heavy (non-hydrogen) atoms. The van der Waals surface area contributed by atoms with Crippen LogP contribution < -0.4 is 0 Å². The number of hydrogen-bond donors (Lipinski definition) is 1. The number of benzene rings is 1. The molecule has 2 atom stereocenters. The topological polar surface area (TPSA) is 53.0 Å². The number of ether oxygens (including phenoxy) is 1. The number of carboxylic acids is 1. The largest absolute Gasteiger partial charge is 0.478 e. The Morgan fingerprint density at radius 2 is 2.07 bits per heavy atom. The van der Waals surface area contributed by atoms with E-state index in [-0.39, 0.29) is 12.2 Å². The van der Waals surface area contributed by atoms with Crippen LogP contribution in [0.4, 0.5) is 0 Å². The first-order valence-electron chi connectivity index (χ1n) is 9.56. The number of carboxylic acid groups (broad SMARTS) is 1. The van der Waals surface area contributed by atoms with Gasteiger partial charge in [-0.1, -0.05) is 30.7 Å². The van der Waals surface area contributed by atoms with E-state index in [0.29, 0.717) is 30.4 Å². The number of aliphatic carboxylic acids is 1. The minimum Gasteiger partial charge on any atom is -0.478 e. The van der Waals surface area contributed by atoms with Crippen molar-refractivity contribution < 1.29 is 14.6 Å². The molecule has 0 spiro atoms. The van der Waals surface area contributed by atoms with Crippen LogP contribution in [0.1, 0.15) is 26.3 Å². The van der Waals surface area contributed by atoms with Crippen molar-refractivity contribution in [1.82, 2.24) is 9.80 Å². The van der Waals surface area contributed by atoms with Crippen LogP contribution in [0.2, 0.25) is 5.02 Å². The van der Waals surface area contributed by atoms with Gasteiger partial charge in [0.2, 0.25) is 0 Å². The SMILES string of the molecule is CCSC1=C(C(=O)O)C(C)=CC(N2CCOC[C@H]2C)N1Cc1ccc(Cl)cc1. The molecule has 0 aromatic heterocycles. The second kappa shape index (κ2) is 9.35. The predicted octanol–water partition coefficient (Wildman–Crippen LogP) is 4.20. The molecule has 1 saturated heterocycles. The highest BCUT2D eigenvalue weighted by Gasteiger charge is 2.36. The summed E-state index contributed by atoms with van der Waals surface area (Å²) in [5.74, 6) is -0.0682. The second-order valence-electron chi connectivity index (χ2n) is 7.10. The quantitative estimate of drug-likeness (QED) is 0.741. The normalized spacial score (nSPS) is 23.7. The molecule has 0 aliphatic carbocycles. The van der Waals surface area contributed by atoms with Crippen molar-refractivity contribution >= 4 is 29.3 Å². The Bertz CT molecular complexity index is 778. The summed E-state index contributed by atoms with van der Waals surface area (Å²) in [5.41, 5.74) is 2.32. The van der Waals surface area contributed by atoms with Gasteiger partial charge in [-0.05, 0) is 48.9 Å². The number of nitrogens with zero attached hydrogens (tertiary/aromatic N) is 2. The van der Waals surface area contributed by atoms with Crippen LogP contribution >= 0.6 is 23.4 Å². The Morgan fingerprint density at radius 1 is 1.36 bits per heavy atom. The maximum atomic E-state index is 12.1. The third kappa shape index (κ3) is 4.57. The number of morpholine rings is 1. The Hall–Kier alpha value is -1.47. The number of thioether (sulfide) groups is 1. The van der Waals surface area contributed by atoms with Crippen LogP contribution in [0.3, 0.4) is 0 Å². The van der Waals surface area contributed by atoms with Gasteiger partial charge in [0.05, 0.1) is 23.8 Å². The third-order valence-corrected chi connectivity index (χ3v) is 6.36. The van der Waals surface area contributed by atoms with Crippen molar-refractivity contribution in [2.24, 2.45) is 0 Å². The van der Waals surface area contributed by atoms with Gasteiger partial charge in [0.15, 0.2) is 0 Å². The fourth-order valence-corrected chi connectivity index (χ4v) is 4.87. The van der Waals surface area contributed by atoms with Crippen LogP contribution in [0.5, 0.6) is 0 Å². The van der Waals surface area contributed by atoms with Gasteiger partial charge >= 0.3 is 5.97 Å². The summed E-state index contributed by atoms with van der Waals surface area (Å²) in [6, 6.07) is 8.02. The van der Waals surface area contributed by atoms with Crippen molar-refractivity contribution in [3.63, 3.8) is 0 Å². The van der Waals surface area contributed by atoms with Gasteiger partial charge in [0, 0.05) is 24.2 Å². The molecule has 5 nitrogen and oxygen atoms in total. The summed E-state index contributed by atoms with van der Waals surface area (Å²) in [5, 5.41) is 11.4. The molecule has 0 amide bonds. The van der Waals surface area contributed by atoms with Gasteiger partial charge in [0.1, 0.15) is 6.17 Å². The highest BCUT2D eigenvalue weighted by molar-refractivity contribution is 8.03. The summed E-state index contributed by atoms with van der Waals surface area (Å²) in [4.78, 5) is 16.7. The van der Waals surface area contributed by atoms with Crippen LogP contribution in [-0.4, -0.2) is 58.6 Å². The van der Waals surface area contributed by atoms with E-state index in [0.717, 1.165) is 28.5 Å². The standard InChI is InChI=1S/C21H27ClN2O3S/c1-4-28-20-19(21(25)26)14(2)11-18(23-9-10-27-13-15(23)3)24(20)12-16-5-7-17(22)8-6-16/h5-8,11,15,18H,4,9-10,12-13H2,1-3H3,(H,25,26)/t15-,18?/m1/s1. The fraction of sp³-hybridized carbons (Fsp3) is 0.476. The summed E-state index contributed by atoms with van der Waals surface area (Å²) >= 11 is 7.64. The molecule has 3 rings (SSSR count). The number of rotatable bonds is 6. The lowest BCUT2D eigenvalue weighted by molar-refractivity contribution is -0.132. The molecule has 0 radical (unpaired) electrons. The molecule has 152 valence electrons. The molecule has 1 aromatic rings. The van der Waals surface area contributed by atoms with Gasteiger partial charge in [-0.3, -0.25) is 4.90 Å². The molecule has 1 N–H and O–H groups in total. The maximum absolute atomic E-state index is 12.1. The highest BCUT2D eigenvalue weighted by atomic mass is 35.5. The van der Waals surface area contributed by atoms with E-state index in [9.17, 15) is 9.90 Å². The van der Waals surface area contributed by atoms with Gasteiger partial charge in [-0.2, -0.15) is 0 Å². The molecule has 1 aromatic carbocycles. The first-order chi connectivity index (χ1) is 13.4. The summed E-state index contributed by atoms with van der Waals surface area (Å²) in [6.07, 6.45) is 2.08. The molecule has 0 bridgehead atoms. The summed E-state index contributed by atoms with van der Waals surface area (Å²) in [6.45, 7) is 8.92. The van der Waals surface area contributed by atoms with Crippen LogP contribution in [0, 0.1) is 0 Å². The zero-order valence-corrected chi connectivity index (χ0v) is 18.1. The molecule has 2 aliphatic heterocycles. The van der Waals surface area contributed by atoms with Crippen LogP contribution in [0.15, 0.2) is 46.5 Å². The van der Waals surface area contributed by atoms with Crippen molar-refractivity contribution in [2.45, 2.75) is 39.5 Å². The minimum absolute atomic E-state index is 0.00766. The molecular formula is C21H27ClN2O3S. The summed E-state index contributed by atoms with van der Waals surface area (Å²) < 4.78 is 5.62. The molecule has 2 aliphatic rings. The fourth-order valence-electron chi connectivity index (χ4n) is 3.74. The number of hydrogen-bond acceptors (Lipinski definition) is 5. The Labute approximate surface area is 176 Å². The van der Waals surface area contributed by atoms with Crippen molar-refractivity contribution in [3.8, 4) is 0 Å². The lowest BCUT2D eigenvalue weighted by atomic mass is 10.0. The van der Waals surface area contributed by atoms with Gasteiger partial charge in [-0.15, -0.1) is 11.8 Å². The minimum atomic E-state index is -0.876. The van der Waals surface area contributed by atoms with Crippen LogP contribution in [-0.2, 0) is 16.1 Å². The van der Waals surface area contributed by atoms with Gasteiger partial charge in [-0.25, -0.2) is 4.79 Å². The maximum Gasteiger partial charge on any atom is 0.338 e. The van der Waals surface area contributed by atoms with Crippen LogP contribution in [0.25, 0.3) is 0 Å². The average Bonchev–Trinajstić information content (AvgIpc) is 2.65. The average molecular weight is 423 g/mol. The Kier molecular flexibility index (Phi) is 7.10. The second-order valence-corrected chi connectivity index (χ2v) is 8.79. The monoisotopic (exact) mass is 422 g/mol. The molecular weight excluding hydrogens is 396 g/mol. The van der Waals surface area contributed by atoms with Crippen molar-refractivity contribution in [2.75, 3.05) is 25.5 Å². The first-order valence-corrected chi connectivity index (χ1v) is 10.9. The van der Waals surface area contributed by atoms with E-state index in [1.54, 1.807) is 11.8 Å². The third-order valence-electron chi connectivity index (χ3n) is 5.11. The molecule has 7 heteroatoms. The van der Waals surface area contributed by atoms with E-state index in [1.807, 2.05) is 31.2 Å². The van der Waals surface area contributed by atoms with E-state index in [2.05, 4.69) is 29.7 Å². The van der Waals surface area contributed by atoms with E-state index in [4.69, 9.17) is 16.3 Å². The van der Waals surface area contributed by atoms with E-state index in [1.165, 1.54) is 0 Å². The molecule has 1 unspecified atom stereocenters. The zero-order chi connectivity index (χ0) is 20.3. The number of carbonyl (C=O) groups is 1. The molecule has 2 heterocycles. The van der Waals surface area contributed by atoms with E-state index >= 15 is 0 Å². The first kappa shape index (κ1) is 21.2. The lowest BCUT2D eigenvalue weighted by Crippen LogP contribution is -2.56. The van der Waals surface area contributed by atoms with Gasteiger partial charge < -0.3 is 14.7 Å². The van der Waals surface area contributed by atoms with Crippen molar-refractivity contribution in [1.29, 1.82) is 0 Å². The predicted molar refractivity (Wildman–Crippen MR) is 114 cm³/mol. The zero-order valence-electron chi connectivity index (χ0n) is 16.5. The molecule has 1 fully saturated rings. The smallest absolute Gasteiger partial charge is 0.338 e. The lowest BCUT2D eigenvalue weighted by Gasteiger charge is -2.47. The highest BCUT2D eigenvalue weighted by Crippen LogP contribution is 2.37. The number of halogens is 1. The Balaban J connectivity index is 2.03. The van der Waals surface area contributed by atoms with E-state index < -0.39 is 5.97 Å². The molecule has 0 saturated carbocycles. The summed E-state index contributed by atoms with van der Waals surface area (Å²) in [7, 11) is 0.